The van der Waals surface area contributed by atoms with Crippen LogP contribution in [0.3, 0.4) is 0 Å². The molecule has 116 valence electrons. The molecule has 2 atom stereocenters. The van der Waals surface area contributed by atoms with Gasteiger partial charge in [-0.05, 0) is 31.2 Å². The summed E-state index contributed by atoms with van der Waals surface area (Å²) in [6, 6.07) is 5.12. The van der Waals surface area contributed by atoms with Crippen LogP contribution in [0.25, 0.3) is 0 Å². The normalized spacial score (nSPS) is 25.8. The van der Waals surface area contributed by atoms with E-state index in [4.69, 9.17) is 0 Å². The first-order valence-corrected chi connectivity index (χ1v) is 7.57. The third-order valence-corrected chi connectivity index (χ3v) is 4.45. The van der Waals surface area contributed by atoms with Crippen molar-refractivity contribution in [3.63, 3.8) is 0 Å². The van der Waals surface area contributed by atoms with Gasteiger partial charge in [-0.3, -0.25) is 10.1 Å². The molecule has 1 fully saturated rings. The second-order valence-electron chi connectivity index (χ2n) is 6.35. The van der Waals surface area contributed by atoms with Crippen molar-refractivity contribution in [2.45, 2.75) is 51.7 Å². The number of nitrogens with zero attached hydrogens (tertiary/aromatic N) is 1. The lowest BCUT2D eigenvalue weighted by molar-refractivity contribution is -0.385. The number of aliphatic hydroxyl groups is 1. The molecule has 1 aromatic carbocycles. The Balaban J connectivity index is 1.94. The topological polar surface area (TPSA) is 75.4 Å². The van der Waals surface area contributed by atoms with Crippen LogP contribution in [0.2, 0.25) is 0 Å². The highest BCUT2D eigenvalue weighted by Crippen LogP contribution is 2.31. The van der Waals surface area contributed by atoms with Gasteiger partial charge in [0.1, 0.15) is 0 Å². The number of hydrogen-bond acceptors (Lipinski definition) is 4. The molecule has 21 heavy (non-hydrogen) atoms. The Morgan fingerprint density at radius 3 is 2.95 bits per heavy atom. The van der Waals surface area contributed by atoms with E-state index in [1.807, 2.05) is 6.07 Å². The number of rotatable bonds is 5. The first-order valence-electron chi connectivity index (χ1n) is 7.57. The van der Waals surface area contributed by atoms with Crippen molar-refractivity contribution in [2.24, 2.45) is 5.92 Å². The standard InChI is InChI=1S/C16H24N2O3/c1-12-5-4-8-16(19,9-12)11-17-10-14-6-3-7-15(13(14)2)18(20)21/h3,6-7,12,17,19H,4-5,8-11H2,1-2H3. The van der Waals surface area contributed by atoms with Crippen LogP contribution in [-0.2, 0) is 6.54 Å². The van der Waals surface area contributed by atoms with Gasteiger partial charge in [0.05, 0.1) is 10.5 Å². The van der Waals surface area contributed by atoms with Gasteiger partial charge in [0.2, 0.25) is 0 Å². The van der Waals surface area contributed by atoms with Crippen molar-refractivity contribution >= 4 is 5.69 Å². The van der Waals surface area contributed by atoms with Crippen LogP contribution >= 0.6 is 0 Å². The lowest BCUT2D eigenvalue weighted by Crippen LogP contribution is -2.43. The van der Waals surface area contributed by atoms with E-state index < -0.39 is 5.60 Å². The van der Waals surface area contributed by atoms with Gasteiger partial charge in [-0.2, -0.15) is 0 Å². The van der Waals surface area contributed by atoms with Crippen molar-refractivity contribution in [3.05, 3.63) is 39.4 Å². The number of nitro groups is 1. The van der Waals surface area contributed by atoms with E-state index in [-0.39, 0.29) is 10.6 Å². The zero-order valence-corrected chi connectivity index (χ0v) is 12.8. The smallest absolute Gasteiger partial charge is 0.272 e. The molecular weight excluding hydrogens is 268 g/mol. The molecule has 0 aromatic heterocycles. The first kappa shape index (κ1) is 15.9. The van der Waals surface area contributed by atoms with E-state index >= 15 is 0 Å². The van der Waals surface area contributed by atoms with E-state index in [0.717, 1.165) is 24.8 Å². The predicted molar refractivity (Wildman–Crippen MR) is 82.1 cm³/mol. The van der Waals surface area contributed by atoms with E-state index in [1.54, 1.807) is 13.0 Å². The second-order valence-corrected chi connectivity index (χ2v) is 6.35. The van der Waals surface area contributed by atoms with Gasteiger partial charge in [-0.15, -0.1) is 0 Å². The zero-order chi connectivity index (χ0) is 15.5. The van der Waals surface area contributed by atoms with E-state index in [2.05, 4.69) is 12.2 Å². The van der Waals surface area contributed by atoms with E-state index in [9.17, 15) is 15.2 Å². The summed E-state index contributed by atoms with van der Waals surface area (Å²) in [5.74, 6) is 0.560. The predicted octanol–water partition coefficient (Wildman–Crippen LogP) is 2.93. The summed E-state index contributed by atoms with van der Waals surface area (Å²) in [7, 11) is 0. The number of benzene rings is 1. The average Bonchev–Trinajstić information content (AvgIpc) is 2.40. The number of nitro benzene ring substituents is 1. The molecule has 2 unspecified atom stereocenters. The third-order valence-electron chi connectivity index (χ3n) is 4.45. The Morgan fingerprint density at radius 1 is 1.52 bits per heavy atom. The van der Waals surface area contributed by atoms with Crippen LogP contribution < -0.4 is 5.32 Å². The van der Waals surface area contributed by atoms with Crippen LogP contribution in [0.1, 0.15) is 43.7 Å². The Labute approximate surface area is 125 Å². The molecule has 1 aliphatic carbocycles. The fourth-order valence-corrected chi connectivity index (χ4v) is 3.28. The summed E-state index contributed by atoms with van der Waals surface area (Å²) in [6.07, 6.45) is 3.91. The third kappa shape index (κ3) is 4.02. The summed E-state index contributed by atoms with van der Waals surface area (Å²) >= 11 is 0. The molecule has 2 rings (SSSR count). The molecule has 0 aliphatic heterocycles. The van der Waals surface area contributed by atoms with E-state index in [1.165, 1.54) is 12.5 Å². The SMILES string of the molecule is Cc1c(CNCC2(O)CCCC(C)C2)cccc1[N+](=O)[O-]. The maximum atomic E-state index is 10.9. The highest BCUT2D eigenvalue weighted by Gasteiger charge is 2.32. The van der Waals surface area contributed by atoms with Gasteiger partial charge >= 0.3 is 0 Å². The summed E-state index contributed by atoms with van der Waals surface area (Å²) < 4.78 is 0. The Kier molecular flexibility index (Phi) is 4.96. The molecule has 1 aromatic rings. The molecule has 0 bridgehead atoms. The molecule has 2 N–H and O–H groups in total. The molecule has 5 nitrogen and oxygen atoms in total. The van der Waals surface area contributed by atoms with Gasteiger partial charge in [-0.1, -0.05) is 31.9 Å². The zero-order valence-electron chi connectivity index (χ0n) is 12.8. The Bertz CT molecular complexity index is 518. The van der Waals surface area contributed by atoms with Crippen molar-refractivity contribution in [1.82, 2.24) is 5.32 Å². The minimum atomic E-state index is -0.633. The second kappa shape index (κ2) is 6.54. The van der Waals surface area contributed by atoms with Crippen LogP contribution in [0.15, 0.2) is 18.2 Å². The molecule has 0 spiro atoms. The summed E-state index contributed by atoms with van der Waals surface area (Å²) in [5.41, 5.74) is 1.13. The van der Waals surface area contributed by atoms with Crippen LogP contribution in [0.5, 0.6) is 0 Å². The highest BCUT2D eigenvalue weighted by molar-refractivity contribution is 5.44. The average molecular weight is 292 g/mol. The number of nitrogens with one attached hydrogen (secondary N) is 1. The Morgan fingerprint density at radius 2 is 2.29 bits per heavy atom. The summed E-state index contributed by atoms with van der Waals surface area (Å²) in [6.45, 7) is 5.03. The minimum absolute atomic E-state index is 0.152. The van der Waals surface area contributed by atoms with Gasteiger partial charge < -0.3 is 10.4 Å². The van der Waals surface area contributed by atoms with Gasteiger partial charge in [0.15, 0.2) is 0 Å². The molecule has 1 saturated carbocycles. The maximum absolute atomic E-state index is 10.9. The fourth-order valence-electron chi connectivity index (χ4n) is 3.28. The van der Waals surface area contributed by atoms with Crippen molar-refractivity contribution in [3.8, 4) is 0 Å². The minimum Gasteiger partial charge on any atom is -0.389 e. The van der Waals surface area contributed by atoms with Crippen LogP contribution in [-0.4, -0.2) is 22.2 Å². The van der Waals surface area contributed by atoms with Crippen molar-refractivity contribution in [2.75, 3.05) is 6.54 Å². The molecule has 0 saturated heterocycles. The largest absolute Gasteiger partial charge is 0.389 e. The lowest BCUT2D eigenvalue weighted by Gasteiger charge is -2.35. The Hall–Kier alpha value is -1.46. The molecule has 0 heterocycles. The van der Waals surface area contributed by atoms with Crippen molar-refractivity contribution in [1.29, 1.82) is 0 Å². The number of hydrogen-bond donors (Lipinski definition) is 2. The van der Waals surface area contributed by atoms with Gasteiger partial charge in [0.25, 0.3) is 5.69 Å². The van der Waals surface area contributed by atoms with Gasteiger partial charge in [0, 0.05) is 24.7 Å². The van der Waals surface area contributed by atoms with Crippen LogP contribution in [0.4, 0.5) is 5.69 Å². The summed E-state index contributed by atoms with van der Waals surface area (Å²) in [4.78, 5) is 10.6. The highest BCUT2D eigenvalue weighted by atomic mass is 16.6. The lowest BCUT2D eigenvalue weighted by atomic mass is 9.79. The maximum Gasteiger partial charge on any atom is 0.272 e. The fraction of sp³-hybridized carbons (Fsp3) is 0.625. The first-order chi connectivity index (χ1) is 9.91. The quantitative estimate of drug-likeness (QED) is 0.646. The van der Waals surface area contributed by atoms with E-state index in [0.29, 0.717) is 24.6 Å². The monoisotopic (exact) mass is 292 g/mol. The molecule has 1 aliphatic rings. The molecule has 0 radical (unpaired) electrons. The van der Waals surface area contributed by atoms with Crippen LogP contribution in [0, 0.1) is 23.0 Å². The summed E-state index contributed by atoms with van der Waals surface area (Å²) in [5, 5.41) is 24.8. The molecule has 0 amide bonds. The molecule has 5 heteroatoms. The van der Waals surface area contributed by atoms with Gasteiger partial charge in [-0.25, -0.2) is 0 Å². The van der Waals surface area contributed by atoms with Crippen molar-refractivity contribution < 1.29 is 10.0 Å². The molecular formula is C16H24N2O3.